The maximum Gasteiger partial charge on any atom is 0.248 e. The fraction of sp³-hybridized carbons (Fsp3) is 0.464. The molecule has 0 radical (unpaired) electrons. The van der Waals surface area contributed by atoms with Gasteiger partial charge in [-0.05, 0) is 43.0 Å². The molecule has 38 heavy (non-hydrogen) atoms. The van der Waals surface area contributed by atoms with Gasteiger partial charge in [0.05, 0.1) is 39.9 Å². The number of nitrogens with one attached hydrogen (secondary N) is 2. The second-order valence-corrected chi connectivity index (χ2v) is 13.8. The number of thioether (sulfide) groups is 1. The molecular weight excluding hydrogens is 590 g/mol. The van der Waals surface area contributed by atoms with Crippen LogP contribution in [0.25, 0.3) is 0 Å². The van der Waals surface area contributed by atoms with E-state index < -0.39 is 28.7 Å². The topological polar surface area (TPSA) is 98.7 Å². The van der Waals surface area contributed by atoms with Gasteiger partial charge in [0.25, 0.3) is 0 Å². The van der Waals surface area contributed by atoms with Crippen LogP contribution < -0.4 is 10.6 Å². The van der Waals surface area contributed by atoms with E-state index in [0.717, 1.165) is 0 Å². The van der Waals surface area contributed by atoms with E-state index in [9.17, 15) is 19.5 Å². The highest BCUT2D eigenvalue weighted by atomic mass is 79.9. The highest BCUT2D eigenvalue weighted by molar-refractivity contribution is 9.09. The Bertz CT molecular complexity index is 1230. The molecule has 2 aromatic rings. The molecule has 3 aliphatic rings. The standard InChI is InChI=1S/C28H31BrClN3O4S/c1-15(2)12-17(14-34)33-24(26(36)32-20-11-7-6-10-19(20)30)28-13-18(29)23(38-28)21(22(28)27(33)37)25(35)31-16-8-4-3-5-9-16/h3-11,15,17-18,21-24,34H,12-14H2,1-2H3,(H,31,35)(H,32,36)/t17-,18?,21+,22+,23+,24?,28?/m1/s1. The van der Waals surface area contributed by atoms with Crippen LogP contribution in [0.15, 0.2) is 54.6 Å². The number of rotatable bonds is 8. The van der Waals surface area contributed by atoms with Crippen molar-refractivity contribution in [3.8, 4) is 0 Å². The predicted octanol–water partition coefficient (Wildman–Crippen LogP) is 4.79. The van der Waals surface area contributed by atoms with Gasteiger partial charge in [0.2, 0.25) is 17.7 Å². The summed E-state index contributed by atoms with van der Waals surface area (Å²) >= 11 is 11.7. The highest BCUT2D eigenvalue weighted by Gasteiger charge is 2.76. The first-order chi connectivity index (χ1) is 18.2. The predicted molar refractivity (Wildman–Crippen MR) is 155 cm³/mol. The summed E-state index contributed by atoms with van der Waals surface area (Å²) in [5, 5.41) is 16.6. The third-order valence-corrected chi connectivity index (χ3v) is 11.3. The quantitative estimate of drug-likeness (QED) is 0.369. The van der Waals surface area contributed by atoms with Crippen LogP contribution in [0.3, 0.4) is 0 Å². The number of nitrogens with zero attached hydrogens (tertiary/aromatic N) is 1. The monoisotopic (exact) mass is 619 g/mol. The van der Waals surface area contributed by atoms with Crippen molar-refractivity contribution in [3.05, 3.63) is 59.6 Å². The fourth-order valence-corrected chi connectivity index (χ4v) is 10.2. The van der Waals surface area contributed by atoms with Gasteiger partial charge in [0, 0.05) is 15.8 Å². The molecule has 2 aromatic carbocycles. The molecule has 3 aliphatic heterocycles. The van der Waals surface area contributed by atoms with Gasteiger partial charge in [-0.25, -0.2) is 0 Å². The molecule has 3 N–H and O–H groups in total. The van der Waals surface area contributed by atoms with Crippen LogP contribution in [0.1, 0.15) is 26.7 Å². The van der Waals surface area contributed by atoms with Gasteiger partial charge in [-0.15, -0.1) is 11.8 Å². The lowest BCUT2D eigenvalue weighted by Gasteiger charge is -2.37. The molecule has 3 heterocycles. The van der Waals surface area contributed by atoms with Gasteiger partial charge in [-0.3, -0.25) is 14.4 Å². The number of para-hydroxylation sites is 2. The Hall–Kier alpha value is -2.07. The number of aliphatic hydroxyl groups is 1. The maximum atomic E-state index is 14.3. The number of alkyl halides is 1. The first kappa shape index (κ1) is 27.5. The molecule has 3 unspecified atom stereocenters. The molecule has 2 bridgehead atoms. The van der Waals surface area contributed by atoms with Crippen LogP contribution in [0, 0.1) is 17.8 Å². The number of likely N-dealkylation sites (tertiary alicyclic amines) is 1. The Balaban J connectivity index is 1.55. The van der Waals surface area contributed by atoms with Crippen molar-refractivity contribution in [3.63, 3.8) is 0 Å². The first-order valence-electron chi connectivity index (χ1n) is 12.8. The second-order valence-electron chi connectivity index (χ2n) is 10.7. The smallest absolute Gasteiger partial charge is 0.248 e. The molecule has 0 aromatic heterocycles. The average molecular weight is 621 g/mol. The molecule has 5 rings (SSSR count). The van der Waals surface area contributed by atoms with Crippen molar-refractivity contribution in [2.45, 2.75) is 53.6 Å². The number of amides is 3. The lowest BCUT2D eigenvalue weighted by Crippen LogP contribution is -2.55. The normalized spacial score (nSPS) is 30.4. The maximum absolute atomic E-state index is 14.3. The van der Waals surface area contributed by atoms with Crippen LogP contribution in [-0.2, 0) is 14.4 Å². The molecule has 7 nitrogen and oxygen atoms in total. The summed E-state index contributed by atoms with van der Waals surface area (Å²) in [6.45, 7) is 3.77. The number of carbonyl (C=O) groups is 3. The number of halogens is 2. The number of benzene rings is 2. The third-order valence-electron chi connectivity index (χ3n) is 7.80. The first-order valence-corrected chi connectivity index (χ1v) is 15.0. The van der Waals surface area contributed by atoms with E-state index in [-0.39, 0.29) is 40.3 Å². The molecule has 3 fully saturated rings. The molecule has 10 heteroatoms. The van der Waals surface area contributed by atoms with Gasteiger partial charge in [0.1, 0.15) is 6.04 Å². The molecule has 1 spiro atoms. The Morgan fingerprint density at radius 2 is 1.82 bits per heavy atom. The second kappa shape index (κ2) is 10.8. The summed E-state index contributed by atoms with van der Waals surface area (Å²) in [7, 11) is 0. The third kappa shape index (κ3) is 4.65. The summed E-state index contributed by atoms with van der Waals surface area (Å²) < 4.78 is -0.815. The molecule has 0 saturated carbocycles. The molecule has 3 amide bonds. The van der Waals surface area contributed by atoms with Crippen LogP contribution in [-0.4, -0.2) is 61.2 Å². The van der Waals surface area contributed by atoms with E-state index in [0.29, 0.717) is 29.2 Å². The Morgan fingerprint density at radius 1 is 1.13 bits per heavy atom. The van der Waals surface area contributed by atoms with Crippen LogP contribution in [0.5, 0.6) is 0 Å². The molecule has 3 saturated heterocycles. The minimum Gasteiger partial charge on any atom is -0.394 e. The molecule has 7 atom stereocenters. The Labute approximate surface area is 240 Å². The van der Waals surface area contributed by atoms with Gasteiger partial charge in [-0.2, -0.15) is 0 Å². The van der Waals surface area contributed by atoms with E-state index in [4.69, 9.17) is 11.6 Å². The van der Waals surface area contributed by atoms with Crippen molar-refractivity contribution in [1.29, 1.82) is 0 Å². The van der Waals surface area contributed by atoms with Crippen molar-refractivity contribution in [2.24, 2.45) is 17.8 Å². The number of anilines is 2. The largest absolute Gasteiger partial charge is 0.394 e. The number of fused-ring (bicyclic) bond motifs is 1. The number of hydrogen-bond acceptors (Lipinski definition) is 5. The van der Waals surface area contributed by atoms with Crippen molar-refractivity contribution < 1.29 is 19.5 Å². The molecule has 0 aliphatic carbocycles. The molecule has 202 valence electrons. The van der Waals surface area contributed by atoms with Gasteiger partial charge in [-0.1, -0.05) is 71.7 Å². The van der Waals surface area contributed by atoms with Crippen LogP contribution in [0.2, 0.25) is 5.02 Å². The summed E-state index contributed by atoms with van der Waals surface area (Å²) in [6, 6.07) is 14.7. The van der Waals surface area contributed by atoms with Crippen LogP contribution in [0.4, 0.5) is 11.4 Å². The zero-order valence-corrected chi connectivity index (χ0v) is 24.3. The SMILES string of the molecule is CC(C)C[C@H](CO)N1C(=O)[C@@H]2[C@H](C(=O)Nc3ccccc3)[C@H]3SC2(CC3Br)C1C(=O)Nc1ccccc1Cl. The van der Waals surface area contributed by atoms with Crippen LogP contribution >= 0.6 is 39.3 Å². The minimum atomic E-state index is -0.864. The Kier molecular flexibility index (Phi) is 7.84. The Morgan fingerprint density at radius 3 is 2.47 bits per heavy atom. The van der Waals surface area contributed by atoms with Gasteiger partial charge in [0.15, 0.2) is 0 Å². The van der Waals surface area contributed by atoms with E-state index in [2.05, 4.69) is 26.6 Å². The number of aliphatic hydroxyl groups excluding tert-OH is 1. The number of hydrogen-bond donors (Lipinski definition) is 3. The summed E-state index contributed by atoms with van der Waals surface area (Å²) in [5.41, 5.74) is 1.12. The van der Waals surface area contributed by atoms with E-state index in [1.165, 1.54) is 0 Å². The highest BCUT2D eigenvalue weighted by Crippen LogP contribution is 2.68. The van der Waals surface area contributed by atoms with Crippen molar-refractivity contribution in [2.75, 3.05) is 17.2 Å². The lowest BCUT2D eigenvalue weighted by molar-refractivity contribution is -0.141. The average Bonchev–Trinajstić information content (AvgIpc) is 3.47. The summed E-state index contributed by atoms with van der Waals surface area (Å²) in [6.07, 6.45) is 1.10. The van der Waals surface area contributed by atoms with Gasteiger partial charge < -0.3 is 20.6 Å². The summed E-state index contributed by atoms with van der Waals surface area (Å²) in [4.78, 5) is 43.5. The van der Waals surface area contributed by atoms with E-state index in [1.807, 2.05) is 44.2 Å². The zero-order chi connectivity index (χ0) is 27.2. The van der Waals surface area contributed by atoms with Gasteiger partial charge >= 0.3 is 0 Å². The summed E-state index contributed by atoms with van der Waals surface area (Å²) in [5.74, 6) is -1.94. The number of carbonyl (C=O) groups excluding carboxylic acids is 3. The minimum absolute atomic E-state index is 0.0451. The molecular formula is C28H31BrClN3O4S. The van der Waals surface area contributed by atoms with E-state index >= 15 is 0 Å². The lowest BCUT2D eigenvalue weighted by atomic mass is 9.70. The zero-order valence-electron chi connectivity index (χ0n) is 21.1. The van der Waals surface area contributed by atoms with Crippen molar-refractivity contribution >= 4 is 68.4 Å². The van der Waals surface area contributed by atoms with E-state index in [1.54, 1.807) is 40.9 Å². The fourth-order valence-electron chi connectivity index (χ4n) is 6.39. The van der Waals surface area contributed by atoms with Crippen molar-refractivity contribution in [1.82, 2.24) is 4.90 Å².